The van der Waals surface area contributed by atoms with Crippen LogP contribution in [0.4, 0.5) is 0 Å². The Balaban J connectivity index is 2.37. The normalized spacial score (nSPS) is 9.92. The van der Waals surface area contributed by atoms with Crippen LogP contribution < -0.4 is 0 Å². The summed E-state index contributed by atoms with van der Waals surface area (Å²) in [6.45, 7) is -0.00665. The molecular formula is C8H8ClNO2S. The molecule has 0 aliphatic rings. The van der Waals surface area contributed by atoms with Crippen LogP contribution in [-0.4, -0.2) is 17.2 Å². The van der Waals surface area contributed by atoms with Gasteiger partial charge < -0.3 is 0 Å². The minimum Gasteiger partial charge on any atom is -0.265 e. The van der Waals surface area contributed by atoms with E-state index < -0.39 is 0 Å². The fourth-order valence-electron chi connectivity index (χ4n) is 0.769. The Hall–Kier alpha value is -0.740. The number of nitro groups is 1. The molecule has 0 saturated carbocycles. The van der Waals surface area contributed by atoms with Crippen molar-refractivity contribution in [1.82, 2.24) is 0 Å². The minimum atomic E-state index is -0.317. The van der Waals surface area contributed by atoms with Crippen LogP contribution in [-0.2, 0) is 0 Å². The third kappa shape index (κ3) is 4.15. The number of benzene rings is 1. The van der Waals surface area contributed by atoms with Crippen molar-refractivity contribution in [3.05, 3.63) is 39.4 Å². The van der Waals surface area contributed by atoms with Crippen molar-refractivity contribution in [2.24, 2.45) is 0 Å². The Morgan fingerprint density at radius 3 is 2.54 bits per heavy atom. The molecule has 0 saturated heterocycles. The smallest absolute Gasteiger partial charge is 0.213 e. The van der Waals surface area contributed by atoms with E-state index in [9.17, 15) is 10.1 Å². The molecule has 0 N–H and O–H groups in total. The van der Waals surface area contributed by atoms with Crippen molar-refractivity contribution in [2.75, 3.05) is 12.3 Å². The largest absolute Gasteiger partial charge is 0.265 e. The molecule has 70 valence electrons. The zero-order valence-electron chi connectivity index (χ0n) is 6.77. The van der Waals surface area contributed by atoms with Gasteiger partial charge in [0.1, 0.15) is 0 Å². The van der Waals surface area contributed by atoms with Gasteiger partial charge in [0.15, 0.2) is 0 Å². The summed E-state index contributed by atoms with van der Waals surface area (Å²) in [5.41, 5.74) is 0. The maximum atomic E-state index is 10.0. The summed E-state index contributed by atoms with van der Waals surface area (Å²) in [7, 11) is 0. The van der Waals surface area contributed by atoms with Gasteiger partial charge >= 0.3 is 0 Å². The molecule has 0 aliphatic heterocycles. The van der Waals surface area contributed by atoms with Gasteiger partial charge in [0.2, 0.25) is 6.54 Å². The Labute approximate surface area is 85.2 Å². The number of nitrogens with zero attached hydrogens (tertiary/aromatic N) is 1. The summed E-state index contributed by atoms with van der Waals surface area (Å²) in [4.78, 5) is 10.7. The van der Waals surface area contributed by atoms with Gasteiger partial charge in [-0.2, -0.15) is 0 Å². The first-order chi connectivity index (χ1) is 6.18. The second-order valence-electron chi connectivity index (χ2n) is 2.36. The first kappa shape index (κ1) is 10.3. The molecule has 1 rings (SSSR count). The number of thioether (sulfide) groups is 1. The average Bonchev–Trinajstić information content (AvgIpc) is 2.08. The van der Waals surface area contributed by atoms with E-state index in [-0.39, 0.29) is 11.5 Å². The van der Waals surface area contributed by atoms with Crippen LogP contribution in [0.15, 0.2) is 29.2 Å². The summed E-state index contributed by atoms with van der Waals surface area (Å²) in [5.74, 6) is 0.495. The molecule has 0 amide bonds. The first-order valence-corrected chi connectivity index (χ1v) is 5.05. The van der Waals surface area contributed by atoms with E-state index in [1.807, 2.05) is 12.1 Å². The molecule has 0 bridgehead atoms. The fraction of sp³-hybridized carbons (Fsp3) is 0.250. The maximum Gasteiger partial charge on any atom is 0.213 e. The zero-order valence-corrected chi connectivity index (χ0v) is 8.35. The van der Waals surface area contributed by atoms with Crippen LogP contribution >= 0.6 is 23.4 Å². The molecule has 0 aromatic heterocycles. The van der Waals surface area contributed by atoms with Gasteiger partial charge in [0, 0.05) is 14.8 Å². The van der Waals surface area contributed by atoms with E-state index >= 15 is 0 Å². The van der Waals surface area contributed by atoms with Crippen molar-refractivity contribution >= 4 is 23.4 Å². The van der Waals surface area contributed by atoms with Crippen molar-refractivity contribution in [2.45, 2.75) is 4.90 Å². The number of rotatable bonds is 4. The Morgan fingerprint density at radius 2 is 2.00 bits per heavy atom. The van der Waals surface area contributed by atoms with E-state index in [4.69, 9.17) is 11.6 Å². The lowest BCUT2D eigenvalue weighted by atomic mass is 10.4. The fourth-order valence-corrected chi connectivity index (χ4v) is 1.70. The molecule has 3 nitrogen and oxygen atoms in total. The van der Waals surface area contributed by atoms with E-state index in [0.29, 0.717) is 10.8 Å². The van der Waals surface area contributed by atoms with Crippen LogP contribution in [0.2, 0.25) is 5.02 Å². The van der Waals surface area contributed by atoms with Crippen LogP contribution in [0.1, 0.15) is 0 Å². The summed E-state index contributed by atoms with van der Waals surface area (Å²) < 4.78 is 0. The lowest BCUT2D eigenvalue weighted by molar-refractivity contribution is -0.474. The maximum absolute atomic E-state index is 10.0. The molecular weight excluding hydrogens is 210 g/mol. The van der Waals surface area contributed by atoms with Crippen molar-refractivity contribution in [3.8, 4) is 0 Å². The van der Waals surface area contributed by atoms with Gasteiger partial charge in [-0.25, -0.2) is 0 Å². The van der Waals surface area contributed by atoms with Gasteiger partial charge in [-0.1, -0.05) is 11.6 Å². The number of hydrogen-bond donors (Lipinski definition) is 0. The predicted molar refractivity (Wildman–Crippen MR) is 54.0 cm³/mol. The average molecular weight is 218 g/mol. The highest BCUT2D eigenvalue weighted by Gasteiger charge is 1.98. The Morgan fingerprint density at radius 1 is 1.38 bits per heavy atom. The Kier molecular flexibility index (Phi) is 4.05. The molecule has 0 heterocycles. The van der Waals surface area contributed by atoms with Crippen molar-refractivity contribution < 1.29 is 4.92 Å². The van der Waals surface area contributed by atoms with Gasteiger partial charge in [-0.15, -0.1) is 11.8 Å². The van der Waals surface area contributed by atoms with E-state index in [0.717, 1.165) is 4.90 Å². The molecule has 0 radical (unpaired) electrons. The summed E-state index contributed by atoms with van der Waals surface area (Å²) in [6.07, 6.45) is 0. The van der Waals surface area contributed by atoms with Crippen LogP contribution in [0.5, 0.6) is 0 Å². The number of hydrogen-bond acceptors (Lipinski definition) is 3. The zero-order chi connectivity index (χ0) is 9.68. The Bertz CT molecular complexity index is 289. The topological polar surface area (TPSA) is 43.1 Å². The molecule has 0 fully saturated rings. The number of halogens is 1. The van der Waals surface area contributed by atoms with Gasteiger partial charge in [0.25, 0.3) is 0 Å². The summed E-state index contributed by atoms with van der Waals surface area (Å²) in [5, 5.41) is 10.7. The second-order valence-corrected chi connectivity index (χ2v) is 3.96. The van der Waals surface area contributed by atoms with Gasteiger partial charge in [0.05, 0.1) is 5.75 Å². The van der Waals surface area contributed by atoms with Crippen LogP contribution in [0.3, 0.4) is 0 Å². The third-order valence-corrected chi connectivity index (χ3v) is 2.60. The quantitative estimate of drug-likeness (QED) is 0.443. The van der Waals surface area contributed by atoms with E-state index in [2.05, 4.69) is 0 Å². The minimum absolute atomic E-state index is 0.00665. The highest BCUT2D eigenvalue weighted by atomic mass is 35.5. The first-order valence-electron chi connectivity index (χ1n) is 3.68. The molecule has 0 spiro atoms. The summed E-state index contributed by atoms with van der Waals surface area (Å²) in [6, 6.07) is 7.26. The van der Waals surface area contributed by atoms with Gasteiger partial charge in [-0.3, -0.25) is 10.1 Å². The lowest BCUT2D eigenvalue weighted by Gasteiger charge is -1.97. The third-order valence-electron chi connectivity index (χ3n) is 1.36. The molecule has 13 heavy (non-hydrogen) atoms. The standard InChI is InChI=1S/C8H8ClNO2S/c9-7-1-3-8(4-2-7)13-6-5-10(11)12/h1-4H,5-6H2. The molecule has 1 aromatic carbocycles. The van der Waals surface area contributed by atoms with Crippen LogP contribution in [0.25, 0.3) is 0 Å². The molecule has 1 aromatic rings. The highest BCUT2D eigenvalue weighted by Crippen LogP contribution is 2.19. The predicted octanol–water partition coefficient (Wildman–Crippen LogP) is 2.71. The molecule has 0 unspecified atom stereocenters. The highest BCUT2D eigenvalue weighted by molar-refractivity contribution is 7.99. The monoisotopic (exact) mass is 217 g/mol. The molecule has 0 atom stereocenters. The lowest BCUT2D eigenvalue weighted by Crippen LogP contribution is -2.02. The van der Waals surface area contributed by atoms with Gasteiger partial charge in [-0.05, 0) is 24.3 Å². The molecule has 5 heteroatoms. The summed E-state index contributed by atoms with van der Waals surface area (Å²) >= 11 is 7.14. The van der Waals surface area contributed by atoms with Crippen molar-refractivity contribution in [3.63, 3.8) is 0 Å². The van der Waals surface area contributed by atoms with E-state index in [1.165, 1.54) is 11.8 Å². The SMILES string of the molecule is O=[N+]([O-])CCSc1ccc(Cl)cc1. The second kappa shape index (κ2) is 5.09. The van der Waals surface area contributed by atoms with E-state index in [1.54, 1.807) is 12.1 Å². The van der Waals surface area contributed by atoms with Crippen molar-refractivity contribution in [1.29, 1.82) is 0 Å². The molecule has 0 aliphatic carbocycles. The van der Waals surface area contributed by atoms with Crippen LogP contribution in [0, 0.1) is 10.1 Å².